The standard InChI is InChI=1S/C20H25ClN4O8S/c1-34(32,33)10-15(24-18(29)11-4-5-14(22)13(21)7-11)20(31)25-6-2-3-16(25)19(30)23-12(9-26)8-17(27)28/h4-5,7,9,12,15-16H,2-3,6,8,10,22H2,1H3,(H,23,30)(H,24,29)(H,27,28)/t12-,15-,16?/m0/s1. The molecule has 1 aromatic rings. The van der Waals surface area contributed by atoms with Crippen molar-refractivity contribution in [2.75, 3.05) is 24.3 Å². The Hall–Kier alpha value is -3.19. The predicted molar refractivity (Wildman–Crippen MR) is 122 cm³/mol. The number of nitrogens with one attached hydrogen (secondary N) is 2. The minimum Gasteiger partial charge on any atom is -0.481 e. The minimum atomic E-state index is -3.74. The molecular weight excluding hydrogens is 492 g/mol. The Balaban J connectivity index is 2.23. The van der Waals surface area contributed by atoms with Crippen LogP contribution < -0.4 is 16.4 Å². The van der Waals surface area contributed by atoms with Crippen molar-refractivity contribution in [3.63, 3.8) is 0 Å². The average molecular weight is 517 g/mol. The van der Waals surface area contributed by atoms with Crippen LogP contribution in [0.15, 0.2) is 18.2 Å². The van der Waals surface area contributed by atoms with Crippen LogP contribution >= 0.6 is 11.6 Å². The van der Waals surface area contributed by atoms with Crippen LogP contribution in [-0.4, -0.2) is 85.1 Å². The predicted octanol–water partition coefficient (Wildman–Crippen LogP) is -0.785. The lowest BCUT2D eigenvalue weighted by Crippen LogP contribution is -2.56. The molecule has 14 heteroatoms. The molecule has 1 aliphatic heterocycles. The largest absolute Gasteiger partial charge is 0.481 e. The van der Waals surface area contributed by atoms with Gasteiger partial charge in [-0.25, -0.2) is 8.42 Å². The molecule has 34 heavy (non-hydrogen) atoms. The maximum Gasteiger partial charge on any atom is 0.305 e. The molecule has 5 N–H and O–H groups in total. The van der Waals surface area contributed by atoms with E-state index in [1.165, 1.54) is 18.2 Å². The van der Waals surface area contributed by atoms with E-state index in [4.69, 9.17) is 22.4 Å². The number of sulfone groups is 1. The molecule has 0 spiro atoms. The van der Waals surface area contributed by atoms with Gasteiger partial charge in [-0.1, -0.05) is 11.6 Å². The number of hydrogen-bond acceptors (Lipinski definition) is 8. The topological polar surface area (TPSA) is 193 Å². The van der Waals surface area contributed by atoms with Gasteiger partial charge in [0.25, 0.3) is 5.91 Å². The van der Waals surface area contributed by atoms with Crippen molar-refractivity contribution in [2.45, 2.75) is 37.4 Å². The van der Waals surface area contributed by atoms with Crippen molar-refractivity contribution in [1.82, 2.24) is 15.5 Å². The molecule has 0 saturated carbocycles. The zero-order valence-corrected chi connectivity index (χ0v) is 19.8. The van der Waals surface area contributed by atoms with E-state index in [2.05, 4.69) is 10.6 Å². The minimum absolute atomic E-state index is 0.0451. The second kappa shape index (κ2) is 11.3. The first-order valence-electron chi connectivity index (χ1n) is 10.1. The summed E-state index contributed by atoms with van der Waals surface area (Å²) in [6, 6.07) is 0.146. The molecule has 3 atom stereocenters. The Kier molecular flexibility index (Phi) is 8.99. The molecule has 0 radical (unpaired) electrons. The van der Waals surface area contributed by atoms with E-state index < -0.39 is 63.8 Å². The first-order valence-corrected chi connectivity index (χ1v) is 12.6. The molecule has 1 aromatic carbocycles. The summed E-state index contributed by atoms with van der Waals surface area (Å²) in [5.41, 5.74) is 5.89. The Morgan fingerprint density at radius 1 is 1.29 bits per heavy atom. The van der Waals surface area contributed by atoms with E-state index in [0.29, 0.717) is 6.42 Å². The fourth-order valence-corrected chi connectivity index (χ4v) is 4.50. The summed E-state index contributed by atoms with van der Waals surface area (Å²) in [6.45, 7) is 0.103. The highest BCUT2D eigenvalue weighted by Gasteiger charge is 2.39. The summed E-state index contributed by atoms with van der Waals surface area (Å²) in [7, 11) is -3.74. The summed E-state index contributed by atoms with van der Waals surface area (Å²) in [6.07, 6.45) is 1.16. The van der Waals surface area contributed by atoms with Gasteiger partial charge in [0.2, 0.25) is 11.8 Å². The van der Waals surface area contributed by atoms with E-state index in [-0.39, 0.29) is 35.5 Å². The lowest BCUT2D eigenvalue weighted by atomic mass is 10.1. The highest BCUT2D eigenvalue weighted by atomic mass is 35.5. The summed E-state index contributed by atoms with van der Waals surface area (Å²) < 4.78 is 23.9. The number of carbonyl (C=O) groups is 5. The number of anilines is 1. The van der Waals surface area contributed by atoms with E-state index >= 15 is 0 Å². The first-order chi connectivity index (χ1) is 15.8. The van der Waals surface area contributed by atoms with Crippen LogP contribution in [0.1, 0.15) is 29.6 Å². The number of likely N-dealkylation sites (tertiary alicyclic amines) is 1. The van der Waals surface area contributed by atoms with Gasteiger partial charge in [0.15, 0.2) is 0 Å². The summed E-state index contributed by atoms with van der Waals surface area (Å²) in [5, 5.41) is 13.6. The highest BCUT2D eigenvalue weighted by molar-refractivity contribution is 7.90. The van der Waals surface area contributed by atoms with Gasteiger partial charge in [-0.2, -0.15) is 0 Å². The van der Waals surface area contributed by atoms with Gasteiger partial charge in [-0.3, -0.25) is 19.2 Å². The summed E-state index contributed by atoms with van der Waals surface area (Å²) >= 11 is 5.92. The monoisotopic (exact) mass is 516 g/mol. The van der Waals surface area contributed by atoms with Crippen LogP contribution in [0.3, 0.4) is 0 Å². The van der Waals surface area contributed by atoms with Crippen molar-refractivity contribution in [3.8, 4) is 0 Å². The molecule has 1 heterocycles. The summed E-state index contributed by atoms with van der Waals surface area (Å²) in [5.74, 6) is -4.35. The molecule has 1 fully saturated rings. The number of carboxylic acid groups (broad SMARTS) is 1. The number of carboxylic acids is 1. The van der Waals surface area contributed by atoms with Crippen LogP contribution in [0.2, 0.25) is 5.02 Å². The third-order valence-corrected chi connectivity index (χ3v) is 6.33. The Morgan fingerprint density at radius 2 is 1.97 bits per heavy atom. The highest BCUT2D eigenvalue weighted by Crippen LogP contribution is 2.21. The Morgan fingerprint density at radius 3 is 2.53 bits per heavy atom. The van der Waals surface area contributed by atoms with Gasteiger partial charge < -0.3 is 31.2 Å². The average Bonchev–Trinajstić information content (AvgIpc) is 3.22. The smallest absolute Gasteiger partial charge is 0.305 e. The molecule has 0 aromatic heterocycles. The number of aldehydes is 1. The fraction of sp³-hybridized carbons (Fsp3) is 0.450. The fourth-order valence-electron chi connectivity index (χ4n) is 3.49. The van der Waals surface area contributed by atoms with Crippen molar-refractivity contribution >= 4 is 57.1 Å². The van der Waals surface area contributed by atoms with Crippen LogP contribution in [0, 0.1) is 0 Å². The second-order valence-corrected chi connectivity index (χ2v) is 10.5. The molecule has 0 aliphatic carbocycles. The third kappa shape index (κ3) is 7.42. The number of hydrogen-bond donors (Lipinski definition) is 4. The van der Waals surface area contributed by atoms with Crippen LogP contribution in [0.4, 0.5) is 5.69 Å². The molecular formula is C20H25ClN4O8S. The lowest BCUT2D eigenvalue weighted by Gasteiger charge is -2.29. The van der Waals surface area contributed by atoms with Gasteiger partial charge in [-0.05, 0) is 31.0 Å². The van der Waals surface area contributed by atoms with Crippen LogP contribution in [0.5, 0.6) is 0 Å². The summed E-state index contributed by atoms with van der Waals surface area (Å²) in [4.78, 5) is 61.6. The van der Waals surface area contributed by atoms with Gasteiger partial charge in [0, 0.05) is 18.4 Å². The zero-order chi connectivity index (χ0) is 25.6. The zero-order valence-electron chi connectivity index (χ0n) is 18.2. The van der Waals surface area contributed by atoms with E-state index in [9.17, 15) is 32.4 Å². The number of aliphatic carboxylic acids is 1. The van der Waals surface area contributed by atoms with Crippen molar-refractivity contribution in [1.29, 1.82) is 0 Å². The Labute approximate surface area is 200 Å². The molecule has 3 amide bonds. The molecule has 1 unspecified atom stereocenters. The number of carbonyl (C=O) groups excluding carboxylic acids is 4. The van der Waals surface area contributed by atoms with E-state index in [1.807, 2.05) is 0 Å². The van der Waals surface area contributed by atoms with E-state index in [1.54, 1.807) is 0 Å². The first kappa shape index (κ1) is 27.1. The number of nitrogens with zero attached hydrogens (tertiary/aromatic N) is 1. The Bertz CT molecular complexity index is 1090. The molecule has 0 bridgehead atoms. The molecule has 12 nitrogen and oxygen atoms in total. The lowest BCUT2D eigenvalue weighted by molar-refractivity contribution is -0.141. The van der Waals surface area contributed by atoms with Gasteiger partial charge >= 0.3 is 5.97 Å². The van der Waals surface area contributed by atoms with Crippen molar-refractivity contribution in [2.24, 2.45) is 0 Å². The van der Waals surface area contributed by atoms with Crippen LogP contribution in [-0.2, 0) is 29.0 Å². The van der Waals surface area contributed by atoms with Gasteiger partial charge in [0.05, 0.1) is 28.9 Å². The van der Waals surface area contributed by atoms with Gasteiger partial charge in [0.1, 0.15) is 28.2 Å². The second-order valence-electron chi connectivity index (χ2n) is 7.89. The molecule has 186 valence electrons. The van der Waals surface area contributed by atoms with Crippen LogP contribution in [0.25, 0.3) is 0 Å². The van der Waals surface area contributed by atoms with Crippen molar-refractivity contribution in [3.05, 3.63) is 28.8 Å². The molecule has 2 rings (SSSR count). The number of amides is 3. The number of nitrogens with two attached hydrogens (primary N) is 1. The van der Waals surface area contributed by atoms with Gasteiger partial charge in [-0.15, -0.1) is 0 Å². The number of rotatable bonds is 10. The number of nitrogen functional groups attached to an aromatic ring is 1. The van der Waals surface area contributed by atoms with E-state index in [0.717, 1.165) is 11.2 Å². The van der Waals surface area contributed by atoms with Crippen molar-refractivity contribution < 1.29 is 37.5 Å². The number of halogens is 1. The quantitative estimate of drug-likeness (QED) is 0.228. The normalized spacial score (nSPS) is 17.5. The maximum atomic E-state index is 13.2. The maximum absolute atomic E-state index is 13.2. The molecule has 1 aliphatic rings. The number of benzene rings is 1. The SMILES string of the molecule is CS(=O)(=O)C[C@H](NC(=O)c1ccc(N)c(Cl)c1)C(=O)N1CCCC1C(=O)N[C@H](C=O)CC(=O)O. The molecule has 1 saturated heterocycles. The third-order valence-electron chi connectivity index (χ3n) is 5.06.